The zero-order chi connectivity index (χ0) is 11.2. The number of nitrogens with two attached hydrogens (primary N) is 1. The Morgan fingerprint density at radius 1 is 0.688 bits per heavy atom. The standard InChI is InChI=1S/C14H16N2/c15-16(11-13-7-3-1-4-8-13)12-14-9-5-2-6-10-14/h1-10H,11-12,15H2. The molecule has 0 radical (unpaired) electrons. The number of hydrogen-bond acceptors (Lipinski definition) is 2. The molecule has 0 amide bonds. The molecule has 0 aromatic heterocycles. The molecule has 0 heterocycles. The first kappa shape index (κ1) is 10.9. The summed E-state index contributed by atoms with van der Waals surface area (Å²) in [6, 6.07) is 20.5. The first-order valence-electron chi connectivity index (χ1n) is 5.42. The zero-order valence-corrected chi connectivity index (χ0v) is 9.21. The van der Waals surface area contributed by atoms with E-state index < -0.39 is 0 Å². The molecule has 2 N–H and O–H groups in total. The minimum atomic E-state index is 0.774. The molecule has 0 bridgehead atoms. The fourth-order valence-corrected chi connectivity index (χ4v) is 1.69. The number of benzene rings is 2. The Morgan fingerprint density at radius 2 is 1.06 bits per heavy atom. The quantitative estimate of drug-likeness (QED) is 0.623. The van der Waals surface area contributed by atoms with E-state index in [1.807, 2.05) is 41.4 Å². The smallest absolute Gasteiger partial charge is 0.0383 e. The summed E-state index contributed by atoms with van der Waals surface area (Å²) >= 11 is 0. The topological polar surface area (TPSA) is 29.3 Å². The van der Waals surface area contributed by atoms with Crippen LogP contribution in [0.1, 0.15) is 11.1 Å². The molecule has 2 heteroatoms. The largest absolute Gasteiger partial charge is 0.268 e. The molecule has 16 heavy (non-hydrogen) atoms. The molecule has 0 saturated heterocycles. The lowest BCUT2D eigenvalue weighted by Gasteiger charge is -2.16. The van der Waals surface area contributed by atoms with E-state index in [1.165, 1.54) is 11.1 Å². The molecule has 0 aliphatic rings. The second-order valence-electron chi connectivity index (χ2n) is 3.88. The molecular formula is C14H16N2. The zero-order valence-electron chi connectivity index (χ0n) is 9.21. The first-order valence-corrected chi connectivity index (χ1v) is 5.42. The summed E-state index contributed by atoms with van der Waals surface area (Å²) in [5, 5.41) is 1.82. The summed E-state index contributed by atoms with van der Waals surface area (Å²) in [6.45, 7) is 1.55. The summed E-state index contributed by atoms with van der Waals surface area (Å²) in [4.78, 5) is 0. The minimum absolute atomic E-state index is 0.774. The Morgan fingerprint density at radius 3 is 1.44 bits per heavy atom. The van der Waals surface area contributed by atoms with Gasteiger partial charge in [-0.25, -0.2) is 5.01 Å². The number of rotatable bonds is 4. The van der Waals surface area contributed by atoms with Gasteiger partial charge in [0.25, 0.3) is 0 Å². The lowest BCUT2D eigenvalue weighted by Crippen LogP contribution is -2.29. The second kappa shape index (κ2) is 5.45. The Kier molecular flexibility index (Phi) is 3.70. The van der Waals surface area contributed by atoms with E-state index in [9.17, 15) is 0 Å². The maximum Gasteiger partial charge on any atom is 0.0383 e. The van der Waals surface area contributed by atoms with Crippen molar-refractivity contribution in [3.05, 3.63) is 71.8 Å². The van der Waals surface area contributed by atoms with Gasteiger partial charge in [0.15, 0.2) is 0 Å². The van der Waals surface area contributed by atoms with Crippen molar-refractivity contribution in [3.63, 3.8) is 0 Å². The van der Waals surface area contributed by atoms with Crippen LogP contribution >= 0.6 is 0 Å². The molecule has 2 nitrogen and oxygen atoms in total. The van der Waals surface area contributed by atoms with E-state index in [0.29, 0.717) is 0 Å². The van der Waals surface area contributed by atoms with Gasteiger partial charge in [-0.1, -0.05) is 60.7 Å². The van der Waals surface area contributed by atoms with Crippen LogP contribution in [-0.4, -0.2) is 5.01 Å². The molecule has 0 saturated carbocycles. The van der Waals surface area contributed by atoms with Crippen LogP contribution in [-0.2, 0) is 13.1 Å². The van der Waals surface area contributed by atoms with Crippen LogP contribution in [0.15, 0.2) is 60.7 Å². The van der Waals surface area contributed by atoms with Crippen molar-refractivity contribution >= 4 is 0 Å². The third-order valence-corrected chi connectivity index (χ3v) is 2.46. The van der Waals surface area contributed by atoms with Crippen molar-refractivity contribution in [2.45, 2.75) is 13.1 Å². The van der Waals surface area contributed by atoms with Crippen LogP contribution in [0, 0.1) is 0 Å². The number of hydrazine groups is 1. The van der Waals surface area contributed by atoms with Gasteiger partial charge >= 0.3 is 0 Å². The summed E-state index contributed by atoms with van der Waals surface area (Å²) < 4.78 is 0. The highest BCUT2D eigenvalue weighted by atomic mass is 15.4. The van der Waals surface area contributed by atoms with Gasteiger partial charge in [0.2, 0.25) is 0 Å². The van der Waals surface area contributed by atoms with Crippen LogP contribution < -0.4 is 5.84 Å². The highest BCUT2D eigenvalue weighted by molar-refractivity contribution is 5.16. The highest BCUT2D eigenvalue weighted by Crippen LogP contribution is 2.05. The SMILES string of the molecule is NN(Cc1ccccc1)Cc1ccccc1. The summed E-state index contributed by atoms with van der Waals surface area (Å²) in [5.41, 5.74) is 2.47. The van der Waals surface area contributed by atoms with Gasteiger partial charge in [-0.3, -0.25) is 5.84 Å². The van der Waals surface area contributed by atoms with Gasteiger partial charge in [0.1, 0.15) is 0 Å². The lowest BCUT2D eigenvalue weighted by molar-refractivity contribution is 0.266. The van der Waals surface area contributed by atoms with Crippen molar-refractivity contribution in [2.75, 3.05) is 0 Å². The van der Waals surface area contributed by atoms with Gasteiger partial charge in [-0.05, 0) is 11.1 Å². The fraction of sp³-hybridized carbons (Fsp3) is 0.143. The third kappa shape index (κ3) is 3.19. The van der Waals surface area contributed by atoms with Crippen LogP contribution in [0.25, 0.3) is 0 Å². The lowest BCUT2D eigenvalue weighted by atomic mass is 10.2. The van der Waals surface area contributed by atoms with E-state index in [4.69, 9.17) is 5.84 Å². The van der Waals surface area contributed by atoms with E-state index in [2.05, 4.69) is 24.3 Å². The van der Waals surface area contributed by atoms with Crippen molar-refractivity contribution in [3.8, 4) is 0 Å². The Labute approximate surface area is 96.3 Å². The molecule has 0 atom stereocenters. The highest BCUT2D eigenvalue weighted by Gasteiger charge is 2.01. The summed E-state index contributed by atoms with van der Waals surface area (Å²) in [5.74, 6) is 5.97. The number of hydrogen-bond donors (Lipinski definition) is 1. The van der Waals surface area contributed by atoms with Crippen molar-refractivity contribution in [2.24, 2.45) is 5.84 Å². The van der Waals surface area contributed by atoms with Gasteiger partial charge < -0.3 is 0 Å². The Bertz CT molecular complexity index is 370. The minimum Gasteiger partial charge on any atom is -0.268 e. The predicted octanol–water partition coefficient (Wildman–Crippen LogP) is 2.56. The average Bonchev–Trinajstić information content (AvgIpc) is 2.31. The molecule has 2 aromatic rings. The Balaban J connectivity index is 1.92. The predicted molar refractivity (Wildman–Crippen MR) is 66.3 cm³/mol. The normalized spacial score (nSPS) is 10.6. The van der Waals surface area contributed by atoms with E-state index >= 15 is 0 Å². The van der Waals surface area contributed by atoms with Crippen molar-refractivity contribution in [1.82, 2.24) is 5.01 Å². The van der Waals surface area contributed by atoms with E-state index in [-0.39, 0.29) is 0 Å². The third-order valence-electron chi connectivity index (χ3n) is 2.46. The molecule has 0 aliphatic heterocycles. The van der Waals surface area contributed by atoms with Crippen LogP contribution in [0.2, 0.25) is 0 Å². The Hall–Kier alpha value is -1.64. The molecular weight excluding hydrogens is 196 g/mol. The van der Waals surface area contributed by atoms with Crippen LogP contribution in [0.3, 0.4) is 0 Å². The van der Waals surface area contributed by atoms with Gasteiger partial charge in [0, 0.05) is 13.1 Å². The van der Waals surface area contributed by atoms with Crippen molar-refractivity contribution in [1.29, 1.82) is 0 Å². The molecule has 0 fully saturated rings. The molecule has 82 valence electrons. The molecule has 2 rings (SSSR count). The number of nitrogens with zero attached hydrogens (tertiary/aromatic N) is 1. The maximum absolute atomic E-state index is 5.97. The molecule has 2 aromatic carbocycles. The molecule has 0 spiro atoms. The monoisotopic (exact) mass is 212 g/mol. The average molecular weight is 212 g/mol. The first-order chi connectivity index (χ1) is 7.84. The summed E-state index contributed by atoms with van der Waals surface area (Å²) in [6.07, 6.45) is 0. The van der Waals surface area contributed by atoms with E-state index in [0.717, 1.165) is 13.1 Å². The van der Waals surface area contributed by atoms with E-state index in [1.54, 1.807) is 0 Å². The molecule has 0 unspecified atom stereocenters. The van der Waals surface area contributed by atoms with Crippen LogP contribution in [0.5, 0.6) is 0 Å². The van der Waals surface area contributed by atoms with Gasteiger partial charge in [0.05, 0.1) is 0 Å². The van der Waals surface area contributed by atoms with Gasteiger partial charge in [-0.2, -0.15) is 0 Å². The summed E-state index contributed by atoms with van der Waals surface area (Å²) in [7, 11) is 0. The van der Waals surface area contributed by atoms with Crippen molar-refractivity contribution < 1.29 is 0 Å². The fourth-order valence-electron chi connectivity index (χ4n) is 1.69. The second-order valence-corrected chi connectivity index (χ2v) is 3.88. The van der Waals surface area contributed by atoms with Gasteiger partial charge in [-0.15, -0.1) is 0 Å². The van der Waals surface area contributed by atoms with Crippen LogP contribution in [0.4, 0.5) is 0 Å². The maximum atomic E-state index is 5.97. The molecule has 0 aliphatic carbocycles.